The molecule has 0 saturated heterocycles. The lowest BCUT2D eigenvalue weighted by molar-refractivity contribution is -0.120. The second-order valence-electron chi connectivity index (χ2n) is 4.46. The summed E-state index contributed by atoms with van der Waals surface area (Å²) in [4.78, 5) is 11.7. The Morgan fingerprint density at radius 2 is 2.00 bits per heavy atom. The summed E-state index contributed by atoms with van der Waals surface area (Å²) < 4.78 is 19.2. The smallest absolute Gasteiger partial charge is 0.224 e. The molecule has 3 nitrogen and oxygen atoms in total. The Morgan fingerprint density at radius 1 is 1.19 bits per heavy atom. The monoisotopic (exact) mass is 351 g/mol. The molecule has 0 aromatic heterocycles. The number of benzene rings is 2. The molecule has 0 atom stereocenters. The number of carbonyl (C=O) groups excluding carboxylic acids is 1. The lowest BCUT2D eigenvalue weighted by Gasteiger charge is -2.08. The first-order chi connectivity index (χ1) is 10.1. The Bertz CT molecular complexity index is 619. The Balaban J connectivity index is 1.70. The highest BCUT2D eigenvalue weighted by Gasteiger charge is 2.03. The molecule has 5 heteroatoms. The van der Waals surface area contributed by atoms with Crippen LogP contribution in [0.15, 0.2) is 53.0 Å². The second-order valence-corrected chi connectivity index (χ2v) is 5.38. The van der Waals surface area contributed by atoms with E-state index in [2.05, 4.69) is 21.2 Å². The number of ether oxygens (including phenoxy) is 1. The Labute approximate surface area is 131 Å². The molecule has 0 spiro atoms. The highest BCUT2D eigenvalue weighted by molar-refractivity contribution is 9.10. The van der Waals surface area contributed by atoms with Gasteiger partial charge in [0.25, 0.3) is 0 Å². The zero-order valence-electron chi connectivity index (χ0n) is 11.3. The van der Waals surface area contributed by atoms with Crippen molar-refractivity contribution in [3.05, 3.63) is 64.4 Å². The van der Waals surface area contributed by atoms with Gasteiger partial charge >= 0.3 is 0 Å². The molecule has 0 heterocycles. The van der Waals surface area contributed by atoms with E-state index in [4.69, 9.17) is 4.74 Å². The largest absolute Gasteiger partial charge is 0.492 e. The van der Waals surface area contributed by atoms with E-state index >= 15 is 0 Å². The van der Waals surface area contributed by atoms with Gasteiger partial charge in [-0.05, 0) is 29.8 Å². The first-order valence-electron chi connectivity index (χ1n) is 6.53. The summed E-state index contributed by atoms with van der Waals surface area (Å²) in [6, 6.07) is 13.5. The number of carbonyl (C=O) groups is 1. The van der Waals surface area contributed by atoms with Crippen molar-refractivity contribution in [1.82, 2.24) is 5.32 Å². The molecule has 0 unspecified atom stereocenters. The van der Waals surface area contributed by atoms with Crippen LogP contribution in [0.3, 0.4) is 0 Å². The maximum Gasteiger partial charge on any atom is 0.224 e. The van der Waals surface area contributed by atoms with Crippen molar-refractivity contribution < 1.29 is 13.9 Å². The first-order valence-corrected chi connectivity index (χ1v) is 7.32. The molecule has 0 aliphatic carbocycles. The van der Waals surface area contributed by atoms with Crippen molar-refractivity contribution in [2.24, 2.45) is 0 Å². The number of nitrogens with one attached hydrogen (secondary N) is 1. The Hall–Kier alpha value is -1.88. The van der Waals surface area contributed by atoms with Gasteiger partial charge < -0.3 is 10.1 Å². The topological polar surface area (TPSA) is 38.3 Å². The Kier molecular flexibility index (Phi) is 5.75. The van der Waals surface area contributed by atoms with Crippen molar-refractivity contribution in [2.45, 2.75) is 6.42 Å². The van der Waals surface area contributed by atoms with Gasteiger partial charge in [0.15, 0.2) is 0 Å². The van der Waals surface area contributed by atoms with Crippen molar-refractivity contribution in [3.63, 3.8) is 0 Å². The average Bonchev–Trinajstić information content (AvgIpc) is 2.44. The molecular formula is C16H15BrFNO2. The quantitative estimate of drug-likeness (QED) is 0.810. The third-order valence-corrected chi connectivity index (χ3v) is 3.24. The molecule has 2 aromatic rings. The van der Waals surface area contributed by atoms with Gasteiger partial charge in [-0.1, -0.05) is 34.1 Å². The van der Waals surface area contributed by atoms with Crippen LogP contribution in [0.5, 0.6) is 5.75 Å². The standard InChI is InChI=1S/C16H15BrFNO2/c17-13-4-1-3-12(9-13)10-16(20)19-7-8-21-15-6-2-5-14(18)11-15/h1-6,9,11H,7-8,10H2,(H,19,20). The lowest BCUT2D eigenvalue weighted by Crippen LogP contribution is -2.29. The fourth-order valence-corrected chi connectivity index (χ4v) is 2.26. The normalized spacial score (nSPS) is 10.2. The molecule has 2 rings (SSSR count). The van der Waals surface area contributed by atoms with Gasteiger partial charge in [0.05, 0.1) is 13.0 Å². The highest BCUT2D eigenvalue weighted by Crippen LogP contribution is 2.12. The summed E-state index contributed by atoms with van der Waals surface area (Å²) in [5.41, 5.74) is 0.938. The maximum atomic E-state index is 12.9. The van der Waals surface area contributed by atoms with Gasteiger partial charge in [-0.2, -0.15) is 0 Å². The minimum absolute atomic E-state index is 0.0732. The van der Waals surface area contributed by atoms with Crippen LogP contribution in [0.2, 0.25) is 0 Å². The van der Waals surface area contributed by atoms with E-state index in [-0.39, 0.29) is 11.7 Å². The summed E-state index contributed by atoms with van der Waals surface area (Å²) >= 11 is 3.37. The van der Waals surface area contributed by atoms with Gasteiger partial charge in [0, 0.05) is 10.5 Å². The number of hydrogen-bond acceptors (Lipinski definition) is 2. The third-order valence-electron chi connectivity index (χ3n) is 2.74. The predicted octanol–water partition coefficient (Wildman–Crippen LogP) is 3.33. The zero-order valence-corrected chi connectivity index (χ0v) is 12.9. The summed E-state index contributed by atoms with van der Waals surface area (Å²) in [5, 5.41) is 2.76. The van der Waals surface area contributed by atoms with E-state index in [0.29, 0.717) is 25.3 Å². The van der Waals surface area contributed by atoms with Gasteiger partial charge in [0.2, 0.25) is 5.91 Å². The molecule has 2 aromatic carbocycles. The van der Waals surface area contributed by atoms with Gasteiger partial charge in [-0.15, -0.1) is 0 Å². The van der Waals surface area contributed by atoms with E-state index in [0.717, 1.165) is 10.0 Å². The summed E-state index contributed by atoms with van der Waals surface area (Å²) in [7, 11) is 0. The van der Waals surface area contributed by atoms with Crippen LogP contribution in [0.4, 0.5) is 4.39 Å². The summed E-state index contributed by atoms with van der Waals surface area (Å²) in [6.45, 7) is 0.678. The summed E-state index contributed by atoms with van der Waals surface area (Å²) in [5.74, 6) is 0.0402. The molecular weight excluding hydrogens is 337 g/mol. The van der Waals surface area contributed by atoms with Crippen LogP contribution in [-0.2, 0) is 11.2 Å². The van der Waals surface area contributed by atoms with Gasteiger partial charge in [-0.3, -0.25) is 4.79 Å². The van der Waals surface area contributed by atoms with E-state index < -0.39 is 0 Å². The van der Waals surface area contributed by atoms with Crippen molar-refractivity contribution in [2.75, 3.05) is 13.2 Å². The van der Waals surface area contributed by atoms with Crippen LogP contribution in [0.25, 0.3) is 0 Å². The van der Waals surface area contributed by atoms with E-state index in [1.807, 2.05) is 24.3 Å². The van der Waals surface area contributed by atoms with Crippen molar-refractivity contribution in [3.8, 4) is 5.75 Å². The number of rotatable bonds is 6. The fraction of sp³-hybridized carbons (Fsp3) is 0.188. The van der Waals surface area contributed by atoms with Crippen LogP contribution in [0.1, 0.15) is 5.56 Å². The molecule has 0 aliphatic heterocycles. The number of amides is 1. The maximum absolute atomic E-state index is 12.9. The molecule has 0 saturated carbocycles. The van der Waals surface area contributed by atoms with Crippen LogP contribution >= 0.6 is 15.9 Å². The lowest BCUT2D eigenvalue weighted by atomic mass is 10.1. The predicted molar refractivity (Wildman–Crippen MR) is 82.8 cm³/mol. The van der Waals surface area contributed by atoms with Crippen molar-refractivity contribution >= 4 is 21.8 Å². The Morgan fingerprint density at radius 3 is 2.76 bits per heavy atom. The highest BCUT2D eigenvalue weighted by atomic mass is 79.9. The molecule has 0 aliphatic rings. The van der Waals surface area contributed by atoms with Crippen LogP contribution < -0.4 is 10.1 Å². The van der Waals surface area contributed by atoms with E-state index in [1.54, 1.807) is 12.1 Å². The molecule has 0 radical (unpaired) electrons. The molecule has 1 N–H and O–H groups in total. The molecule has 110 valence electrons. The first kappa shape index (κ1) is 15.5. The molecule has 21 heavy (non-hydrogen) atoms. The zero-order chi connectivity index (χ0) is 15.1. The minimum Gasteiger partial charge on any atom is -0.492 e. The molecule has 0 bridgehead atoms. The van der Waals surface area contributed by atoms with Gasteiger partial charge in [-0.25, -0.2) is 4.39 Å². The third kappa shape index (κ3) is 5.55. The van der Waals surface area contributed by atoms with Crippen LogP contribution in [0, 0.1) is 5.82 Å². The minimum atomic E-state index is -0.341. The fourth-order valence-electron chi connectivity index (χ4n) is 1.81. The van der Waals surface area contributed by atoms with Crippen molar-refractivity contribution in [1.29, 1.82) is 0 Å². The molecule has 0 fully saturated rings. The SMILES string of the molecule is O=C(Cc1cccc(Br)c1)NCCOc1cccc(F)c1. The molecule has 1 amide bonds. The van der Waals surface area contributed by atoms with E-state index in [1.165, 1.54) is 12.1 Å². The average molecular weight is 352 g/mol. The number of halogens is 2. The number of hydrogen-bond donors (Lipinski definition) is 1. The second kappa shape index (κ2) is 7.78. The van der Waals surface area contributed by atoms with Gasteiger partial charge in [0.1, 0.15) is 18.2 Å². The van der Waals surface area contributed by atoms with E-state index in [9.17, 15) is 9.18 Å². The summed E-state index contributed by atoms with van der Waals surface area (Å²) in [6.07, 6.45) is 0.319. The van der Waals surface area contributed by atoms with Crippen LogP contribution in [-0.4, -0.2) is 19.1 Å².